The lowest BCUT2D eigenvalue weighted by atomic mass is 10.1. The summed E-state index contributed by atoms with van der Waals surface area (Å²) in [7, 11) is -3.95. The van der Waals surface area contributed by atoms with Crippen molar-refractivity contribution in [3.63, 3.8) is 0 Å². The van der Waals surface area contributed by atoms with Gasteiger partial charge in [-0.2, -0.15) is 18.2 Å². The molecule has 3 rings (SSSR count). The Morgan fingerprint density at radius 1 is 1.11 bits per heavy atom. The molecule has 1 atom stereocenters. The Bertz CT molecular complexity index is 1250. The fraction of sp³-hybridized carbons (Fsp3) is 0.304. The summed E-state index contributed by atoms with van der Waals surface area (Å²) in [5.74, 6) is 0.852. The van der Waals surface area contributed by atoms with Gasteiger partial charge in [0, 0.05) is 24.0 Å². The molecule has 188 valence electrons. The predicted octanol–water partition coefficient (Wildman–Crippen LogP) is 4.21. The van der Waals surface area contributed by atoms with Crippen LogP contribution in [0.1, 0.15) is 30.0 Å². The number of nitrogens with one attached hydrogen (secondary N) is 3. The minimum Gasteiger partial charge on any atom is -0.394 e. The number of nitrogens with zero attached hydrogens (tertiary/aromatic N) is 2. The summed E-state index contributed by atoms with van der Waals surface area (Å²) in [6.07, 6.45) is -2.18. The van der Waals surface area contributed by atoms with Gasteiger partial charge in [0.05, 0.1) is 23.1 Å². The second-order valence-corrected chi connectivity index (χ2v) is 9.60. The fourth-order valence-electron chi connectivity index (χ4n) is 3.08. The molecule has 0 bridgehead atoms. The number of anilines is 3. The molecule has 0 spiro atoms. The Hall–Kier alpha value is -3.22. The smallest absolute Gasteiger partial charge is 0.394 e. The van der Waals surface area contributed by atoms with Crippen molar-refractivity contribution in [2.75, 3.05) is 17.2 Å². The number of sulfonamides is 1. The number of halogens is 3. The van der Waals surface area contributed by atoms with Crippen LogP contribution < -0.4 is 15.4 Å². The van der Waals surface area contributed by atoms with E-state index in [-0.39, 0.29) is 35.6 Å². The first-order valence-electron chi connectivity index (χ1n) is 10.8. The maximum Gasteiger partial charge on any atom is 0.416 e. The topological polar surface area (TPSA) is 116 Å². The second-order valence-electron chi connectivity index (χ2n) is 7.83. The van der Waals surface area contributed by atoms with E-state index in [0.29, 0.717) is 17.9 Å². The lowest BCUT2D eigenvalue weighted by Crippen LogP contribution is -2.24. The Morgan fingerprint density at radius 2 is 1.83 bits per heavy atom. The minimum atomic E-state index is -4.51. The molecule has 8 nitrogen and oxygen atoms in total. The third-order valence-electron chi connectivity index (χ3n) is 5.17. The van der Waals surface area contributed by atoms with Crippen LogP contribution in [0.3, 0.4) is 0 Å². The van der Waals surface area contributed by atoms with Gasteiger partial charge in [-0.1, -0.05) is 25.1 Å². The lowest BCUT2D eigenvalue weighted by molar-refractivity contribution is -0.137. The third kappa shape index (κ3) is 7.13. The summed E-state index contributed by atoms with van der Waals surface area (Å²) in [6, 6.07) is 10.1. The summed E-state index contributed by atoms with van der Waals surface area (Å²) in [5, 5.41) is 15.5. The van der Waals surface area contributed by atoms with E-state index in [2.05, 4.69) is 25.3 Å². The van der Waals surface area contributed by atoms with Crippen LogP contribution in [0.2, 0.25) is 0 Å². The number of alkyl halides is 3. The van der Waals surface area contributed by atoms with Gasteiger partial charge in [-0.3, -0.25) is 0 Å². The highest BCUT2D eigenvalue weighted by atomic mass is 32.2. The molecule has 0 amide bonds. The monoisotopic (exact) mass is 509 g/mol. The van der Waals surface area contributed by atoms with Gasteiger partial charge in [0.1, 0.15) is 5.82 Å². The maximum atomic E-state index is 12.9. The molecule has 0 saturated carbocycles. The molecule has 1 heterocycles. The van der Waals surface area contributed by atoms with E-state index in [9.17, 15) is 26.7 Å². The first-order valence-corrected chi connectivity index (χ1v) is 12.2. The highest BCUT2D eigenvalue weighted by molar-refractivity contribution is 7.89. The van der Waals surface area contributed by atoms with Gasteiger partial charge >= 0.3 is 6.18 Å². The molecule has 0 radical (unpaired) electrons. The molecular weight excluding hydrogens is 483 g/mol. The normalized spacial score (nSPS) is 12.9. The van der Waals surface area contributed by atoms with E-state index in [1.54, 1.807) is 6.20 Å². The van der Waals surface area contributed by atoms with Crippen LogP contribution in [0.4, 0.5) is 30.6 Å². The SMILES string of the molecule is CC[C@H](CO)Nc1nc(Nc2ccc(S(=O)(=O)NCc3cccc(C(F)(F)F)c3)cc2)ncc1C. The molecule has 2 aromatic carbocycles. The number of benzene rings is 2. The van der Waals surface area contributed by atoms with Crippen molar-refractivity contribution in [3.8, 4) is 0 Å². The number of hydrogen-bond acceptors (Lipinski definition) is 7. The molecule has 3 aromatic rings. The van der Waals surface area contributed by atoms with Crippen molar-refractivity contribution in [1.82, 2.24) is 14.7 Å². The fourth-order valence-corrected chi connectivity index (χ4v) is 4.10. The van der Waals surface area contributed by atoms with Gasteiger partial charge in [-0.05, 0) is 49.2 Å². The molecule has 0 aliphatic heterocycles. The quantitative estimate of drug-likeness (QED) is 0.324. The summed E-state index contributed by atoms with van der Waals surface area (Å²) < 4.78 is 66.1. The first-order chi connectivity index (χ1) is 16.5. The zero-order valence-electron chi connectivity index (χ0n) is 19.1. The molecule has 0 aliphatic carbocycles. The van der Waals surface area contributed by atoms with Gasteiger partial charge in [0.15, 0.2) is 0 Å². The molecule has 35 heavy (non-hydrogen) atoms. The van der Waals surface area contributed by atoms with E-state index >= 15 is 0 Å². The highest BCUT2D eigenvalue weighted by Gasteiger charge is 2.30. The van der Waals surface area contributed by atoms with Crippen LogP contribution in [0, 0.1) is 6.92 Å². The van der Waals surface area contributed by atoms with Gasteiger partial charge < -0.3 is 15.7 Å². The molecule has 0 saturated heterocycles. The standard InChI is InChI=1S/C23H26F3N5O3S/c1-3-18(14-32)29-21-15(2)12-27-22(31-21)30-19-7-9-20(10-8-19)35(33,34)28-13-16-5-4-6-17(11-16)23(24,25)26/h4-12,18,28,32H,3,13-14H2,1-2H3,(H2,27,29,30,31)/t18-/m1/s1. The average molecular weight is 510 g/mol. The van der Waals surface area contributed by atoms with E-state index in [1.807, 2.05) is 13.8 Å². The Kier molecular flexibility index (Phi) is 8.30. The van der Waals surface area contributed by atoms with E-state index in [4.69, 9.17) is 0 Å². The average Bonchev–Trinajstić information content (AvgIpc) is 2.83. The number of hydrogen-bond donors (Lipinski definition) is 4. The number of aromatic nitrogens is 2. The molecule has 1 aromatic heterocycles. The van der Waals surface area contributed by atoms with Crippen molar-refractivity contribution < 1.29 is 26.7 Å². The maximum absolute atomic E-state index is 12.9. The van der Waals surface area contributed by atoms with Crippen molar-refractivity contribution in [3.05, 3.63) is 71.4 Å². The van der Waals surface area contributed by atoms with E-state index in [0.717, 1.165) is 17.7 Å². The van der Waals surface area contributed by atoms with Gasteiger partial charge in [0.2, 0.25) is 16.0 Å². The van der Waals surface area contributed by atoms with E-state index in [1.165, 1.54) is 36.4 Å². The number of aryl methyl sites for hydroxylation is 1. The number of aliphatic hydroxyl groups excluding tert-OH is 1. The summed E-state index contributed by atoms with van der Waals surface area (Å²) in [4.78, 5) is 8.58. The molecular formula is C23H26F3N5O3S. The molecule has 0 aliphatic rings. The zero-order valence-corrected chi connectivity index (χ0v) is 19.9. The van der Waals surface area contributed by atoms with Crippen LogP contribution in [0.5, 0.6) is 0 Å². The van der Waals surface area contributed by atoms with Crippen LogP contribution >= 0.6 is 0 Å². The lowest BCUT2D eigenvalue weighted by Gasteiger charge is -2.17. The van der Waals surface area contributed by atoms with Crippen molar-refractivity contribution in [1.29, 1.82) is 0 Å². The van der Waals surface area contributed by atoms with E-state index < -0.39 is 21.8 Å². The molecule has 4 N–H and O–H groups in total. The summed E-state index contributed by atoms with van der Waals surface area (Å²) in [5.41, 5.74) is 0.679. The van der Waals surface area contributed by atoms with Gasteiger partial charge in [-0.25, -0.2) is 18.1 Å². The van der Waals surface area contributed by atoms with Gasteiger partial charge in [0.25, 0.3) is 0 Å². The Balaban J connectivity index is 1.67. The van der Waals surface area contributed by atoms with Crippen LogP contribution in [-0.2, 0) is 22.7 Å². The molecule has 0 unspecified atom stereocenters. The zero-order chi connectivity index (χ0) is 25.6. The number of rotatable bonds is 10. The highest BCUT2D eigenvalue weighted by Crippen LogP contribution is 2.29. The third-order valence-corrected chi connectivity index (χ3v) is 6.58. The van der Waals surface area contributed by atoms with Crippen molar-refractivity contribution >= 4 is 27.5 Å². The predicted molar refractivity (Wildman–Crippen MR) is 127 cm³/mol. The minimum absolute atomic E-state index is 0.0412. The molecule has 12 heteroatoms. The second kappa shape index (κ2) is 11.0. The van der Waals surface area contributed by atoms with Crippen LogP contribution in [-0.4, -0.2) is 36.1 Å². The Morgan fingerprint density at radius 3 is 2.46 bits per heavy atom. The van der Waals surface area contributed by atoms with Crippen molar-refractivity contribution in [2.45, 2.75) is 43.9 Å². The molecule has 0 fully saturated rings. The van der Waals surface area contributed by atoms with Gasteiger partial charge in [-0.15, -0.1) is 0 Å². The first kappa shape index (κ1) is 26.4. The number of aliphatic hydroxyl groups is 1. The van der Waals surface area contributed by atoms with Crippen molar-refractivity contribution in [2.24, 2.45) is 0 Å². The largest absolute Gasteiger partial charge is 0.416 e. The van der Waals surface area contributed by atoms with Crippen LogP contribution in [0.25, 0.3) is 0 Å². The Labute approximate surface area is 201 Å². The summed E-state index contributed by atoms with van der Waals surface area (Å²) >= 11 is 0. The summed E-state index contributed by atoms with van der Waals surface area (Å²) in [6.45, 7) is 3.45. The van der Waals surface area contributed by atoms with Crippen LogP contribution in [0.15, 0.2) is 59.6 Å².